The fourth-order valence-electron chi connectivity index (χ4n) is 3.05. The van der Waals surface area contributed by atoms with Crippen LogP contribution < -0.4 is 4.90 Å². The number of nitriles is 2. The third-order valence-corrected chi connectivity index (χ3v) is 4.84. The lowest BCUT2D eigenvalue weighted by molar-refractivity contribution is 0.609. The summed E-state index contributed by atoms with van der Waals surface area (Å²) in [6, 6.07) is 11.8. The molecule has 0 aliphatic heterocycles. The molecule has 0 radical (unpaired) electrons. The Balaban J connectivity index is 2.69. The third kappa shape index (κ3) is 13.1. The van der Waals surface area contributed by atoms with Crippen molar-refractivity contribution in [2.24, 2.45) is 0 Å². The standard InChI is InChI=1S/C30H31N3/c1-3-5-7-16-24-33(25-17-8-6-4-2)30-22-20-28(21-23-30)18-14-12-10-9-11-13-15-19-29(26-31)27-32/h19-23H,3-8,16-17,24-25H2,1-2H3. The van der Waals surface area contributed by atoms with Gasteiger partial charge in [-0.05, 0) is 72.6 Å². The number of allylic oxidation sites excluding steroid dienone is 2. The molecule has 0 bridgehead atoms. The predicted octanol–water partition coefficient (Wildman–Crippen LogP) is 5.99. The second-order valence-corrected chi connectivity index (χ2v) is 7.46. The first-order valence-corrected chi connectivity index (χ1v) is 11.6. The van der Waals surface area contributed by atoms with Crippen LogP contribution in [0.2, 0.25) is 0 Å². The van der Waals surface area contributed by atoms with E-state index in [-0.39, 0.29) is 5.57 Å². The summed E-state index contributed by atoms with van der Waals surface area (Å²) in [4.78, 5) is 2.50. The van der Waals surface area contributed by atoms with Crippen molar-refractivity contribution in [1.29, 1.82) is 10.5 Å². The van der Waals surface area contributed by atoms with Crippen molar-refractivity contribution in [2.45, 2.75) is 65.2 Å². The Bertz CT molecular complexity index is 1050. The molecule has 0 aliphatic carbocycles. The van der Waals surface area contributed by atoms with E-state index in [4.69, 9.17) is 10.5 Å². The number of hydrogen-bond acceptors (Lipinski definition) is 3. The van der Waals surface area contributed by atoms with Gasteiger partial charge in [-0.25, -0.2) is 0 Å². The minimum Gasteiger partial charge on any atom is -0.372 e. The molecule has 3 heteroatoms. The van der Waals surface area contributed by atoms with E-state index in [1.807, 2.05) is 12.1 Å². The second-order valence-electron chi connectivity index (χ2n) is 7.46. The van der Waals surface area contributed by atoms with E-state index in [1.165, 1.54) is 63.1 Å². The van der Waals surface area contributed by atoms with E-state index < -0.39 is 0 Å². The molecular weight excluding hydrogens is 402 g/mol. The molecule has 0 saturated heterocycles. The molecule has 1 rings (SSSR count). The molecule has 0 N–H and O–H groups in total. The number of nitrogens with zero attached hydrogens (tertiary/aromatic N) is 3. The maximum absolute atomic E-state index is 8.58. The van der Waals surface area contributed by atoms with Crippen molar-refractivity contribution in [3.05, 3.63) is 41.5 Å². The zero-order valence-corrected chi connectivity index (χ0v) is 19.8. The lowest BCUT2D eigenvalue weighted by Gasteiger charge is -2.25. The third-order valence-electron chi connectivity index (χ3n) is 4.84. The van der Waals surface area contributed by atoms with E-state index in [0.717, 1.165) is 18.7 Å². The van der Waals surface area contributed by atoms with Crippen molar-refractivity contribution < 1.29 is 0 Å². The van der Waals surface area contributed by atoms with Crippen LogP contribution in [-0.4, -0.2) is 13.1 Å². The van der Waals surface area contributed by atoms with Gasteiger partial charge in [0.2, 0.25) is 0 Å². The molecule has 0 spiro atoms. The molecule has 0 fully saturated rings. The molecule has 3 nitrogen and oxygen atoms in total. The van der Waals surface area contributed by atoms with Crippen LogP contribution in [0.15, 0.2) is 35.9 Å². The number of hydrogen-bond donors (Lipinski definition) is 0. The Kier molecular flexibility index (Phi) is 15.3. The highest BCUT2D eigenvalue weighted by atomic mass is 15.1. The van der Waals surface area contributed by atoms with Gasteiger partial charge in [0.25, 0.3) is 0 Å². The Hall–Kier alpha value is -4.02. The van der Waals surface area contributed by atoms with Gasteiger partial charge in [-0.2, -0.15) is 10.5 Å². The van der Waals surface area contributed by atoms with Crippen molar-refractivity contribution in [3.8, 4) is 59.5 Å². The molecule has 0 saturated carbocycles. The maximum Gasteiger partial charge on any atom is 0.138 e. The number of unbranched alkanes of at least 4 members (excludes halogenated alkanes) is 6. The molecule has 0 aliphatic rings. The maximum atomic E-state index is 8.58. The summed E-state index contributed by atoms with van der Waals surface area (Å²) in [6.07, 6.45) is 11.4. The van der Waals surface area contributed by atoms with E-state index in [1.54, 1.807) is 12.1 Å². The molecule has 33 heavy (non-hydrogen) atoms. The van der Waals surface area contributed by atoms with Crippen LogP contribution in [0.1, 0.15) is 70.8 Å². The average molecular weight is 434 g/mol. The quantitative estimate of drug-likeness (QED) is 0.245. The van der Waals surface area contributed by atoms with Crippen molar-refractivity contribution in [1.82, 2.24) is 0 Å². The minimum absolute atomic E-state index is 0.0524. The van der Waals surface area contributed by atoms with Gasteiger partial charge in [-0.15, -0.1) is 0 Å². The molecule has 0 aromatic heterocycles. The highest BCUT2D eigenvalue weighted by Crippen LogP contribution is 2.17. The molecule has 0 unspecified atom stereocenters. The van der Waals surface area contributed by atoms with Crippen molar-refractivity contribution >= 4 is 5.69 Å². The van der Waals surface area contributed by atoms with Gasteiger partial charge >= 0.3 is 0 Å². The van der Waals surface area contributed by atoms with Gasteiger partial charge in [0.1, 0.15) is 17.7 Å². The van der Waals surface area contributed by atoms with Crippen LogP contribution in [0.4, 0.5) is 5.69 Å². The van der Waals surface area contributed by atoms with E-state index in [2.05, 4.69) is 78.2 Å². The fourth-order valence-corrected chi connectivity index (χ4v) is 3.05. The first-order chi connectivity index (χ1) is 16.2. The summed E-state index contributed by atoms with van der Waals surface area (Å²) in [6.45, 7) is 6.70. The number of benzene rings is 1. The first-order valence-electron chi connectivity index (χ1n) is 11.6. The summed E-state index contributed by atoms with van der Waals surface area (Å²) in [5.41, 5.74) is 2.13. The Morgan fingerprint density at radius 3 is 1.82 bits per heavy atom. The van der Waals surface area contributed by atoms with Crippen molar-refractivity contribution in [3.63, 3.8) is 0 Å². The SMILES string of the molecule is CCCCCCN(CCCCCC)c1ccc(C#CC#CC#CC#CC=C(C#N)C#N)cc1. The van der Waals surface area contributed by atoms with E-state index in [9.17, 15) is 0 Å². The fraction of sp³-hybridized carbons (Fsp3) is 0.400. The molecule has 166 valence electrons. The Labute approximate surface area is 200 Å². The van der Waals surface area contributed by atoms with Crippen LogP contribution >= 0.6 is 0 Å². The molecule has 1 aromatic rings. The van der Waals surface area contributed by atoms with Crippen LogP contribution in [0.5, 0.6) is 0 Å². The molecule has 0 amide bonds. The Morgan fingerprint density at radius 1 is 0.727 bits per heavy atom. The minimum atomic E-state index is -0.0524. The van der Waals surface area contributed by atoms with Crippen molar-refractivity contribution in [2.75, 3.05) is 18.0 Å². The van der Waals surface area contributed by atoms with Crippen LogP contribution in [-0.2, 0) is 0 Å². The highest BCUT2D eigenvalue weighted by molar-refractivity contribution is 5.52. The summed E-state index contributed by atoms with van der Waals surface area (Å²) >= 11 is 0. The lowest BCUT2D eigenvalue weighted by atomic mass is 10.1. The molecule has 1 aromatic carbocycles. The summed E-state index contributed by atoms with van der Waals surface area (Å²) in [5.74, 6) is 21.3. The largest absolute Gasteiger partial charge is 0.372 e. The summed E-state index contributed by atoms with van der Waals surface area (Å²) in [7, 11) is 0. The Morgan fingerprint density at radius 2 is 1.27 bits per heavy atom. The molecule has 0 heterocycles. The van der Waals surface area contributed by atoms with Gasteiger partial charge in [-0.1, -0.05) is 64.2 Å². The van der Waals surface area contributed by atoms with E-state index >= 15 is 0 Å². The van der Waals surface area contributed by atoms with Gasteiger partial charge in [0.05, 0.1) is 0 Å². The van der Waals surface area contributed by atoms with Gasteiger partial charge in [0.15, 0.2) is 0 Å². The number of rotatable bonds is 11. The zero-order chi connectivity index (χ0) is 24.0. The highest BCUT2D eigenvalue weighted by Gasteiger charge is 2.06. The normalized spacial score (nSPS) is 8.48. The smallest absolute Gasteiger partial charge is 0.138 e. The first kappa shape index (κ1) is 27.0. The van der Waals surface area contributed by atoms with Crippen LogP contribution in [0.3, 0.4) is 0 Å². The number of anilines is 1. The van der Waals surface area contributed by atoms with Gasteiger partial charge in [0, 0.05) is 30.4 Å². The average Bonchev–Trinajstić information content (AvgIpc) is 2.85. The van der Waals surface area contributed by atoms with Gasteiger partial charge < -0.3 is 4.90 Å². The van der Waals surface area contributed by atoms with E-state index in [0.29, 0.717) is 0 Å². The monoisotopic (exact) mass is 433 g/mol. The summed E-state index contributed by atoms with van der Waals surface area (Å²) < 4.78 is 0. The lowest BCUT2D eigenvalue weighted by Crippen LogP contribution is -2.25. The summed E-state index contributed by atoms with van der Waals surface area (Å²) in [5, 5.41) is 17.2. The zero-order valence-electron chi connectivity index (χ0n) is 19.8. The molecular formula is C30H31N3. The topological polar surface area (TPSA) is 50.8 Å². The van der Waals surface area contributed by atoms with Crippen LogP contribution in [0, 0.1) is 70.0 Å². The van der Waals surface area contributed by atoms with Gasteiger partial charge in [-0.3, -0.25) is 0 Å². The molecule has 0 atom stereocenters. The predicted molar refractivity (Wildman–Crippen MR) is 136 cm³/mol. The van der Waals surface area contributed by atoms with Crippen LogP contribution in [0.25, 0.3) is 0 Å². The second kappa shape index (κ2) is 18.7.